The Bertz CT molecular complexity index is 527. The van der Waals surface area contributed by atoms with Gasteiger partial charge in [-0.1, -0.05) is 18.2 Å². The predicted octanol–water partition coefficient (Wildman–Crippen LogP) is 0.998. The van der Waals surface area contributed by atoms with Crippen molar-refractivity contribution < 1.29 is 4.79 Å². The quantitative estimate of drug-likeness (QED) is 0.760. The molecular formula is C12H9N4O. The van der Waals surface area contributed by atoms with E-state index in [1.807, 2.05) is 36.5 Å². The van der Waals surface area contributed by atoms with Gasteiger partial charge in [-0.05, 0) is 12.1 Å². The second-order valence-electron chi connectivity index (χ2n) is 3.35. The maximum Gasteiger partial charge on any atom is 0.254 e. The Morgan fingerprint density at radius 3 is 2.47 bits per heavy atom. The molecule has 1 aliphatic rings. The Hall–Kier alpha value is -2.74. The molecule has 83 valence electrons. The molecule has 0 fully saturated rings. The van der Waals surface area contributed by atoms with Crippen molar-refractivity contribution in [2.45, 2.75) is 0 Å². The van der Waals surface area contributed by atoms with Crippen molar-refractivity contribution in [2.24, 2.45) is 5.73 Å². The number of carbonyl (C=O) groups excluding carboxylic acids is 1. The van der Waals surface area contributed by atoms with Gasteiger partial charge >= 0.3 is 0 Å². The molecule has 0 unspecified atom stereocenters. The van der Waals surface area contributed by atoms with Gasteiger partial charge in [0.2, 0.25) is 0 Å². The van der Waals surface area contributed by atoms with Crippen LogP contribution in [-0.4, -0.2) is 11.2 Å². The fourth-order valence-electron chi connectivity index (χ4n) is 1.50. The van der Waals surface area contributed by atoms with Crippen LogP contribution in [0.3, 0.4) is 0 Å². The Morgan fingerprint density at radius 1 is 1.18 bits per heavy atom. The monoisotopic (exact) mass is 225 g/mol. The largest absolute Gasteiger partial charge is 0.383 e. The van der Waals surface area contributed by atoms with Crippen LogP contribution in [0.2, 0.25) is 0 Å². The van der Waals surface area contributed by atoms with Gasteiger partial charge in [0.05, 0.1) is 6.20 Å². The van der Waals surface area contributed by atoms with Crippen molar-refractivity contribution in [3.63, 3.8) is 0 Å². The maximum absolute atomic E-state index is 10.8. The summed E-state index contributed by atoms with van der Waals surface area (Å²) >= 11 is 0. The molecule has 2 N–H and O–H groups in total. The highest BCUT2D eigenvalue weighted by atomic mass is 16.1. The third-order valence-corrected chi connectivity index (χ3v) is 2.29. The van der Waals surface area contributed by atoms with Gasteiger partial charge in [-0.3, -0.25) is 4.79 Å². The summed E-state index contributed by atoms with van der Waals surface area (Å²) in [4.78, 5) is 13.4. The first kappa shape index (κ1) is 10.8. The van der Waals surface area contributed by atoms with Gasteiger partial charge in [0.25, 0.3) is 6.29 Å². The number of nitriles is 1. The zero-order valence-corrected chi connectivity index (χ0v) is 8.87. The van der Waals surface area contributed by atoms with Gasteiger partial charge in [0.1, 0.15) is 11.5 Å². The first-order valence-electron chi connectivity index (χ1n) is 4.87. The molecule has 2 rings (SSSR count). The number of rotatable bonds is 2. The summed E-state index contributed by atoms with van der Waals surface area (Å²) in [6.07, 6.45) is 6.57. The Balaban J connectivity index is 2.40. The van der Waals surface area contributed by atoms with Crippen molar-refractivity contribution in [2.75, 3.05) is 4.90 Å². The van der Waals surface area contributed by atoms with Crippen LogP contribution in [0.5, 0.6) is 0 Å². The Kier molecular flexibility index (Phi) is 2.79. The molecule has 0 saturated heterocycles. The average Bonchev–Trinajstić information content (AvgIpc) is 2.38. The third-order valence-electron chi connectivity index (χ3n) is 2.29. The van der Waals surface area contributed by atoms with Gasteiger partial charge in [-0.15, -0.1) is 0 Å². The number of nitrogens with two attached hydrogens (primary N) is 1. The fourth-order valence-corrected chi connectivity index (χ4v) is 1.50. The van der Waals surface area contributed by atoms with E-state index >= 15 is 0 Å². The number of para-hydroxylation sites is 1. The van der Waals surface area contributed by atoms with Gasteiger partial charge in [0.15, 0.2) is 6.19 Å². The minimum atomic E-state index is 0.0800. The number of benzene rings is 1. The van der Waals surface area contributed by atoms with Crippen LogP contribution in [0.1, 0.15) is 0 Å². The lowest BCUT2D eigenvalue weighted by atomic mass is 10.2. The van der Waals surface area contributed by atoms with Crippen LogP contribution in [0.4, 0.5) is 5.69 Å². The molecule has 5 heteroatoms. The van der Waals surface area contributed by atoms with Crippen LogP contribution in [0.25, 0.3) is 0 Å². The van der Waals surface area contributed by atoms with Crippen molar-refractivity contribution in [1.82, 2.24) is 4.90 Å². The molecule has 1 aliphatic heterocycles. The van der Waals surface area contributed by atoms with E-state index in [1.54, 1.807) is 17.4 Å². The van der Waals surface area contributed by atoms with Gasteiger partial charge in [-0.2, -0.15) is 5.26 Å². The molecule has 0 aliphatic carbocycles. The maximum atomic E-state index is 10.8. The lowest BCUT2D eigenvalue weighted by molar-refractivity contribution is 0.531. The first-order valence-corrected chi connectivity index (χ1v) is 4.87. The highest BCUT2D eigenvalue weighted by molar-refractivity contribution is 5.77. The highest BCUT2D eigenvalue weighted by Gasteiger charge is 2.19. The van der Waals surface area contributed by atoms with E-state index in [9.17, 15) is 4.79 Å². The van der Waals surface area contributed by atoms with E-state index in [1.165, 1.54) is 6.20 Å². The highest BCUT2D eigenvalue weighted by Crippen LogP contribution is 2.21. The fraction of sp³-hybridized carbons (Fsp3) is 0. The van der Waals surface area contributed by atoms with E-state index in [0.29, 0.717) is 0 Å². The predicted molar refractivity (Wildman–Crippen MR) is 62.4 cm³/mol. The zero-order chi connectivity index (χ0) is 12.3. The van der Waals surface area contributed by atoms with Crippen molar-refractivity contribution in [3.8, 4) is 6.19 Å². The third kappa shape index (κ3) is 1.96. The van der Waals surface area contributed by atoms with Gasteiger partial charge in [0, 0.05) is 11.9 Å². The minimum absolute atomic E-state index is 0.0800. The molecule has 17 heavy (non-hydrogen) atoms. The standard InChI is InChI=1S/C12H9N4O/c13-9-16-11(8-17)6-15(7-12(16)14)10-4-2-1-3-5-10/h1-7H,14H2. The van der Waals surface area contributed by atoms with Crippen molar-refractivity contribution >= 4 is 12.0 Å². The molecule has 0 atom stereocenters. The number of allylic oxidation sites excluding steroid dienone is 1. The molecule has 0 bridgehead atoms. The molecule has 0 amide bonds. The molecular weight excluding hydrogens is 216 g/mol. The summed E-state index contributed by atoms with van der Waals surface area (Å²) in [6, 6.07) is 9.36. The summed E-state index contributed by atoms with van der Waals surface area (Å²) in [5.74, 6) is 0.178. The van der Waals surface area contributed by atoms with Gasteiger partial charge in [-0.25, -0.2) is 4.90 Å². The van der Waals surface area contributed by atoms with Crippen LogP contribution in [0, 0.1) is 11.5 Å². The van der Waals surface area contributed by atoms with E-state index < -0.39 is 0 Å². The molecule has 0 saturated carbocycles. The summed E-state index contributed by atoms with van der Waals surface area (Å²) in [6.45, 7) is 0. The van der Waals surface area contributed by atoms with Crippen LogP contribution >= 0.6 is 0 Å². The summed E-state index contributed by atoms with van der Waals surface area (Å²) in [5.41, 5.74) is 6.61. The molecule has 0 aromatic heterocycles. The second kappa shape index (κ2) is 4.41. The van der Waals surface area contributed by atoms with E-state index in [-0.39, 0.29) is 11.5 Å². The molecule has 0 spiro atoms. The normalized spacial score (nSPS) is 14.8. The summed E-state index contributed by atoms with van der Waals surface area (Å²) < 4.78 is 0. The topological polar surface area (TPSA) is 73.4 Å². The number of hydrogen-bond donors (Lipinski definition) is 1. The number of hydrogen-bond acceptors (Lipinski definition) is 5. The second-order valence-corrected chi connectivity index (χ2v) is 3.35. The lowest BCUT2D eigenvalue weighted by Crippen LogP contribution is -2.31. The smallest absolute Gasteiger partial charge is 0.254 e. The van der Waals surface area contributed by atoms with E-state index in [2.05, 4.69) is 0 Å². The Labute approximate surface area is 98.6 Å². The molecule has 1 heterocycles. The number of anilines is 1. The number of nitrogens with zero attached hydrogens (tertiary/aromatic N) is 3. The minimum Gasteiger partial charge on any atom is -0.383 e. The molecule has 1 aromatic rings. The van der Waals surface area contributed by atoms with Crippen LogP contribution in [-0.2, 0) is 4.79 Å². The van der Waals surface area contributed by atoms with Crippen LogP contribution in [0.15, 0.2) is 54.2 Å². The van der Waals surface area contributed by atoms with Crippen molar-refractivity contribution in [3.05, 3.63) is 54.2 Å². The molecule has 5 nitrogen and oxygen atoms in total. The summed E-state index contributed by atoms with van der Waals surface area (Å²) in [5, 5.41) is 8.84. The average molecular weight is 225 g/mol. The van der Waals surface area contributed by atoms with Crippen LogP contribution < -0.4 is 10.6 Å². The summed E-state index contributed by atoms with van der Waals surface area (Å²) in [7, 11) is 0. The van der Waals surface area contributed by atoms with Gasteiger partial charge < -0.3 is 10.6 Å². The molecule has 1 aromatic carbocycles. The van der Waals surface area contributed by atoms with Crippen molar-refractivity contribution in [1.29, 1.82) is 5.26 Å². The SMILES string of the molecule is N#CN1C(N)=CN(c2ccccc2)C=C1[C]=O. The van der Waals surface area contributed by atoms with E-state index in [0.717, 1.165) is 10.6 Å². The first-order chi connectivity index (χ1) is 8.26. The Morgan fingerprint density at radius 2 is 1.88 bits per heavy atom. The lowest BCUT2D eigenvalue weighted by Gasteiger charge is -2.26. The zero-order valence-electron chi connectivity index (χ0n) is 8.87. The molecule has 1 radical (unpaired) electrons. The van der Waals surface area contributed by atoms with E-state index in [4.69, 9.17) is 11.0 Å².